The Kier molecular flexibility index (Phi) is 4.65. The normalized spacial score (nSPS) is 10.2. The van der Waals surface area contributed by atoms with Crippen molar-refractivity contribution in [3.8, 4) is 5.75 Å². The number of carbonyl (C=O) groups is 1. The minimum absolute atomic E-state index is 0.186. The minimum atomic E-state index is -0.232. The Hall–Kier alpha value is -2.70. The van der Waals surface area contributed by atoms with E-state index in [0.717, 1.165) is 11.4 Å². The van der Waals surface area contributed by atoms with E-state index in [0.29, 0.717) is 11.4 Å². The molecule has 7 nitrogen and oxygen atoms in total. The van der Waals surface area contributed by atoms with Gasteiger partial charge in [-0.25, -0.2) is 4.98 Å². The van der Waals surface area contributed by atoms with Gasteiger partial charge >= 0.3 is 0 Å². The Labute approximate surface area is 122 Å². The number of benzene rings is 1. The largest absolute Gasteiger partial charge is 0.493 e. The summed E-state index contributed by atoms with van der Waals surface area (Å²) in [5, 5.41) is 10.3. The van der Waals surface area contributed by atoms with Crippen molar-refractivity contribution < 1.29 is 9.53 Å². The van der Waals surface area contributed by atoms with Gasteiger partial charge < -0.3 is 10.5 Å². The van der Waals surface area contributed by atoms with Crippen LogP contribution in [0.3, 0.4) is 0 Å². The van der Waals surface area contributed by atoms with Crippen LogP contribution in [0, 0.1) is 13.8 Å². The van der Waals surface area contributed by atoms with E-state index in [2.05, 4.69) is 20.5 Å². The second-order valence-electron chi connectivity index (χ2n) is 4.53. The third kappa shape index (κ3) is 4.41. The molecular formula is C14H17N5O2. The number of nitrogens with two attached hydrogens (primary N) is 1. The highest BCUT2D eigenvalue weighted by Gasteiger charge is 2.07. The van der Waals surface area contributed by atoms with Crippen molar-refractivity contribution in [1.29, 1.82) is 0 Å². The van der Waals surface area contributed by atoms with Crippen molar-refractivity contribution >= 4 is 17.5 Å². The molecule has 0 spiro atoms. The lowest BCUT2D eigenvalue weighted by Gasteiger charge is -2.07. The molecule has 2 aromatic rings. The monoisotopic (exact) mass is 287 g/mol. The highest BCUT2D eigenvalue weighted by atomic mass is 16.5. The van der Waals surface area contributed by atoms with Crippen molar-refractivity contribution in [3.05, 3.63) is 35.7 Å². The minimum Gasteiger partial charge on any atom is -0.493 e. The zero-order valence-corrected chi connectivity index (χ0v) is 12.0. The van der Waals surface area contributed by atoms with Gasteiger partial charge in [0.15, 0.2) is 0 Å². The number of aryl methyl sites for hydroxylation is 2. The molecule has 7 heteroatoms. The molecule has 0 atom stereocenters. The number of nitrogen functional groups attached to an aromatic ring is 1. The lowest BCUT2D eigenvalue weighted by Crippen LogP contribution is -2.18. The van der Waals surface area contributed by atoms with E-state index in [9.17, 15) is 4.79 Å². The molecule has 0 aliphatic heterocycles. The summed E-state index contributed by atoms with van der Waals surface area (Å²) in [5.74, 6) is 0.600. The van der Waals surface area contributed by atoms with Crippen LogP contribution in [0.15, 0.2) is 24.3 Å². The summed E-state index contributed by atoms with van der Waals surface area (Å²) in [4.78, 5) is 15.9. The third-order valence-corrected chi connectivity index (χ3v) is 2.80. The molecule has 0 saturated heterocycles. The maximum atomic E-state index is 11.7. The van der Waals surface area contributed by atoms with Gasteiger partial charge in [-0.2, -0.15) is 5.10 Å². The van der Waals surface area contributed by atoms with E-state index >= 15 is 0 Å². The molecule has 0 aliphatic rings. The van der Waals surface area contributed by atoms with Crippen LogP contribution in [0.25, 0.3) is 0 Å². The molecule has 1 amide bonds. The number of hydrogen-bond acceptors (Lipinski definition) is 6. The van der Waals surface area contributed by atoms with E-state index in [4.69, 9.17) is 10.5 Å². The zero-order valence-electron chi connectivity index (χ0n) is 12.0. The highest BCUT2D eigenvalue weighted by Crippen LogP contribution is 2.14. The summed E-state index contributed by atoms with van der Waals surface area (Å²) in [6, 6.07) is 7.04. The highest BCUT2D eigenvalue weighted by molar-refractivity contribution is 5.88. The molecule has 0 aliphatic carbocycles. The van der Waals surface area contributed by atoms with E-state index in [1.807, 2.05) is 6.92 Å². The van der Waals surface area contributed by atoms with E-state index in [1.165, 1.54) is 0 Å². The predicted octanol–water partition coefficient (Wildman–Crippen LogP) is 1.48. The van der Waals surface area contributed by atoms with Gasteiger partial charge in [-0.15, -0.1) is 5.10 Å². The number of carbonyl (C=O) groups excluding carboxylic acids is 1. The summed E-state index contributed by atoms with van der Waals surface area (Å²) in [6.07, 6.45) is 0.186. The molecule has 1 aromatic heterocycles. The van der Waals surface area contributed by atoms with Gasteiger partial charge in [-0.1, -0.05) is 6.07 Å². The SMILES string of the molecule is Cc1nnc(NC(=O)CCOc2cccc(N)c2)nc1C. The van der Waals surface area contributed by atoms with Crippen LogP contribution in [-0.2, 0) is 4.79 Å². The van der Waals surface area contributed by atoms with Gasteiger partial charge in [0.2, 0.25) is 11.9 Å². The zero-order chi connectivity index (χ0) is 15.2. The summed E-state index contributed by atoms with van der Waals surface area (Å²) in [5.41, 5.74) is 7.72. The van der Waals surface area contributed by atoms with Gasteiger partial charge in [0.05, 0.1) is 24.4 Å². The maximum Gasteiger partial charge on any atom is 0.249 e. The number of aromatic nitrogens is 3. The number of rotatable bonds is 5. The number of anilines is 2. The summed E-state index contributed by atoms with van der Waals surface area (Å²) in [6.45, 7) is 3.86. The van der Waals surface area contributed by atoms with Crippen LogP contribution in [-0.4, -0.2) is 27.7 Å². The molecule has 3 N–H and O–H groups in total. The average molecular weight is 287 g/mol. The first-order chi connectivity index (χ1) is 10.0. The molecule has 1 heterocycles. The van der Waals surface area contributed by atoms with Gasteiger partial charge in [-0.05, 0) is 26.0 Å². The fraction of sp³-hybridized carbons (Fsp3) is 0.286. The Morgan fingerprint density at radius 2 is 2.10 bits per heavy atom. The number of nitrogens with zero attached hydrogens (tertiary/aromatic N) is 3. The topological polar surface area (TPSA) is 103 Å². The lowest BCUT2D eigenvalue weighted by molar-refractivity contribution is -0.116. The predicted molar refractivity (Wildman–Crippen MR) is 78.9 cm³/mol. The van der Waals surface area contributed by atoms with Crippen molar-refractivity contribution in [1.82, 2.24) is 15.2 Å². The van der Waals surface area contributed by atoms with Crippen LogP contribution in [0.5, 0.6) is 5.75 Å². The number of hydrogen-bond donors (Lipinski definition) is 2. The van der Waals surface area contributed by atoms with Crippen LogP contribution >= 0.6 is 0 Å². The van der Waals surface area contributed by atoms with E-state index < -0.39 is 0 Å². The fourth-order valence-corrected chi connectivity index (χ4v) is 1.56. The number of amides is 1. The second-order valence-corrected chi connectivity index (χ2v) is 4.53. The summed E-state index contributed by atoms with van der Waals surface area (Å²) < 4.78 is 5.44. The molecule has 1 aromatic carbocycles. The maximum absolute atomic E-state index is 11.7. The number of ether oxygens (including phenoxy) is 1. The first-order valence-corrected chi connectivity index (χ1v) is 6.50. The quantitative estimate of drug-likeness (QED) is 0.807. The van der Waals surface area contributed by atoms with Crippen molar-refractivity contribution in [2.24, 2.45) is 0 Å². The van der Waals surface area contributed by atoms with E-state index in [-0.39, 0.29) is 24.9 Å². The van der Waals surface area contributed by atoms with Crippen LogP contribution in [0.4, 0.5) is 11.6 Å². The van der Waals surface area contributed by atoms with Gasteiger partial charge in [-0.3, -0.25) is 10.1 Å². The fourth-order valence-electron chi connectivity index (χ4n) is 1.56. The van der Waals surface area contributed by atoms with Crippen molar-refractivity contribution in [3.63, 3.8) is 0 Å². The smallest absolute Gasteiger partial charge is 0.249 e. The molecular weight excluding hydrogens is 270 g/mol. The first kappa shape index (κ1) is 14.7. The van der Waals surface area contributed by atoms with Crippen molar-refractivity contribution in [2.45, 2.75) is 20.3 Å². The summed E-state index contributed by atoms with van der Waals surface area (Å²) in [7, 11) is 0. The second kappa shape index (κ2) is 6.65. The Balaban J connectivity index is 1.81. The van der Waals surface area contributed by atoms with Gasteiger partial charge in [0.25, 0.3) is 0 Å². The van der Waals surface area contributed by atoms with Gasteiger partial charge in [0.1, 0.15) is 5.75 Å². The Morgan fingerprint density at radius 1 is 1.29 bits per heavy atom. The molecule has 110 valence electrons. The third-order valence-electron chi connectivity index (χ3n) is 2.80. The average Bonchev–Trinajstić information content (AvgIpc) is 2.43. The first-order valence-electron chi connectivity index (χ1n) is 6.50. The van der Waals surface area contributed by atoms with Crippen LogP contribution < -0.4 is 15.8 Å². The molecule has 0 fully saturated rings. The number of nitrogens with one attached hydrogen (secondary N) is 1. The van der Waals surface area contributed by atoms with E-state index in [1.54, 1.807) is 31.2 Å². The Bertz CT molecular complexity index is 645. The standard InChI is InChI=1S/C14H17N5O2/c1-9-10(2)18-19-14(16-9)17-13(20)6-7-21-12-5-3-4-11(15)8-12/h3-5,8H,6-7,15H2,1-2H3,(H,16,17,19,20). The van der Waals surface area contributed by atoms with Gasteiger partial charge in [0, 0.05) is 11.8 Å². The molecule has 0 unspecified atom stereocenters. The van der Waals surface area contributed by atoms with Crippen LogP contribution in [0.2, 0.25) is 0 Å². The molecule has 21 heavy (non-hydrogen) atoms. The van der Waals surface area contributed by atoms with Crippen LogP contribution in [0.1, 0.15) is 17.8 Å². The molecule has 0 bridgehead atoms. The molecule has 0 radical (unpaired) electrons. The van der Waals surface area contributed by atoms with Crippen molar-refractivity contribution in [2.75, 3.05) is 17.7 Å². The molecule has 0 saturated carbocycles. The molecule has 2 rings (SSSR count). The lowest BCUT2D eigenvalue weighted by atomic mass is 10.3. The Morgan fingerprint density at radius 3 is 2.81 bits per heavy atom. The summed E-state index contributed by atoms with van der Waals surface area (Å²) >= 11 is 0.